The van der Waals surface area contributed by atoms with Crippen LogP contribution in [0.25, 0.3) is 0 Å². The van der Waals surface area contributed by atoms with Crippen LogP contribution in [0.5, 0.6) is 0 Å². The molecule has 0 aliphatic heterocycles. The zero-order chi connectivity index (χ0) is 15.1. The summed E-state index contributed by atoms with van der Waals surface area (Å²) in [5.41, 5.74) is 8.60. The average Bonchev–Trinajstić information content (AvgIpc) is 3.15. The van der Waals surface area contributed by atoms with Gasteiger partial charge in [-0.3, -0.25) is 4.68 Å². The number of hydrogen-bond acceptors (Lipinski definition) is 4. The summed E-state index contributed by atoms with van der Waals surface area (Å²) in [6.45, 7) is 2.07. The van der Waals surface area contributed by atoms with Crippen LogP contribution < -0.4 is 5.73 Å². The highest BCUT2D eigenvalue weighted by atomic mass is 79.9. The molecule has 0 spiro atoms. The lowest BCUT2D eigenvalue weighted by atomic mass is 10.3. The van der Waals surface area contributed by atoms with Crippen LogP contribution in [0.2, 0.25) is 0 Å². The zero-order valence-electron chi connectivity index (χ0n) is 12.0. The summed E-state index contributed by atoms with van der Waals surface area (Å²) >= 11 is 3.46. The Morgan fingerprint density at radius 2 is 2.29 bits per heavy atom. The molecule has 2 aromatic rings. The molecular formula is C14H17BrN4O2. The third-order valence-electron chi connectivity index (χ3n) is 3.62. The summed E-state index contributed by atoms with van der Waals surface area (Å²) in [5.74, 6) is -0.357. The molecule has 2 N–H and O–H groups in total. The number of nitrogen functional groups attached to an aromatic ring is 1. The maximum Gasteiger partial charge on any atom is 0.355 e. The number of aromatic nitrogens is 3. The van der Waals surface area contributed by atoms with Crippen molar-refractivity contribution in [3.8, 4) is 0 Å². The third kappa shape index (κ3) is 2.70. The first-order chi connectivity index (χ1) is 9.97. The topological polar surface area (TPSA) is 75.1 Å². The Balaban J connectivity index is 1.75. The quantitative estimate of drug-likeness (QED) is 0.858. The van der Waals surface area contributed by atoms with Gasteiger partial charge in [0, 0.05) is 19.3 Å². The number of carbonyl (C=O) groups is 1. The second kappa shape index (κ2) is 5.22. The number of rotatable bonds is 4. The summed E-state index contributed by atoms with van der Waals surface area (Å²) in [4.78, 5) is 12.3. The largest absolute Gasteiger partial charge is 0.454 e. The molecule has 21 heavy (non-hydrogen) atoms. The first-order valence-corrected chi connectivity index (χ1v) is 7.59. The SMILES string of the molecule is Cc1nn(C)c(COC(=O)c2cc(N)cn2C2CC2)c1Br. The highest BCUT2D eigenvalue weighted by Gasteiger charge is 2.28. The van der Waals surface area contributed by atoms with E-state index in [0.29, 0.717) is 17.4 Å². The van der Waals surface area contributed by atoms with Crippen LogP contribution in [-0.4, -0.2) is 20.3 Å². The molecule has 3 rings (SSSR count). The molecule has 0 aromatic carbocycles. The number of esters is 1. The van der Waals surface area contributed by atoms with E-state index in [2.05, 4.69) is 21.0 Å². The van der Waals surface area contributed by atoms with Gasteiger partial charge in [0.1, 0.15) is 12.3 Å². The lowest BCUT2D eigenvalue weighted by molar-refractivity contribution is 0.0450. The second-order valence-corrected chi connectivity index (χ2v) is 6.14. The Morgan fingerprint density at radius 1 is 1.57 bits per heavy atom. The maximum absolute atomic E-state index is 12.3. The Bertz CT molecular complexity index is 700. The molecule has 1 aliphatic rings. The molecule has 2 aromatic heterocycles. The molecule has 6 nitrogen and oxygen atoms in total. The molecule has 0 radical (unpaired) electrons. The third-order valence-corrected chi connectivity index (χ3v) is 4.65. The fourth-order valence-electron chi connectivity index (χ4n) is 2.36. The van der Waals surface area contributed by atoms with Gasteiger partial charge in [0.15, 0.2) is 0 Å². The van der Waals surface area contributed by atoms with E-state index in [9.17, 15) is 4.79 Å². The molecule has 0 amide bonds. The lowest BCUT2D eigenvalue weighted by Crippen LogP contribution is -2.12. The smallest absolute Gasteiger partial charge is 0.355 e. The van der Waals surface area contributed by atoms with E-state index in [-0.39, 0.29) is 12.6 Å². The highest BCUT2D eigenvalue weighted by Crippen LogP contribution is 2.37. The van der Waals surface area contributed by atoms with Crippen molar-refractivity contribution in [2.45, 2.75) is 32.4 Å². The Hall–Kier alpha value is -1.76. The number of aryl methyl sites for hydroxylation is 2. The molecule has 0 atom stereocenters. The first kappa shape index (κ1) is 14.2. The van der Waals surface area contributed by atoms with Gasteiger partial charge >= 0.3 is 5.97 Å². The van der Waals surface area contributed by atoms with Crippen LogP contribution in [-0.2, 0) is 18.4 Å². The van der Waals surface area contributed by atoms with E-state index >= 15 is 0 Å². The van der Waals surface area contributed by atoms with Crippen LogP contribution in [0, 0.1) is 6.92 Å². The van der Waals surface area contributed by atoms with Crippen molar-refractivity contribution in [1.29, 1.82) is 0 Å². The number of nitrogens with zero attached hydrogens (tertiary/aromatic N) is 3. The molecule has 7 heteroatoms. The average molecular weight is 353 g/mol. The second-order valence-electron chi connectivity index (χ2n) is 5.34. The van der Waals surface area contributed by atoms with Gasteiger partial charge in [0.2, 0.25) is 0 Å². The van der Waals surface area contributed by atoms with Gasteiger partial charge < -0.3 is 15.0 Å². The van der Waals surface area contributed by atoms with E-state index in [4.69, 9.17) is 10.5 Å². The number of halogens is 1. The van der Waals surface area contributed by atoms with Crippen molar-refractivity contribution < 1.29 is 9.53 Å². The molecule has 112 valence electrons. The van der Waals surface area contributed by atoms with E-state index in [1.807, 2.05) is 18.5 Å². The Morgan fingerprint density at radius 3 is 2.86 bits per heavy atom. The van der Waals surface area contributed by atoms with E-state index in [0.717, 1.165) is 28.7 Å². The minimum atomic E-state index is -0.357. The van der Waals surface area contributed by atoms with Gasteiger partial charge in [-0.1, -0.05) is 0 Å². The van der Waals surface area contributed by atoms with Crippen LogP contribution in [0.3, 0.4) is 0 Å². The maximum atomic E-state index is 12.3. The predicted molar refractivity (Wildman–Crippen MR) is 81.9 cm³/mol. The van der Waals surface area contributed by atoms with E-state index in [1.165, 1.54) is 0 Å². The fraction of sp³-hybridized carbons (Fsp3) is 0.429. The summed E-state index contributed by atoms with van der Waals surface area (Å²) in [6, 6.07) is 2.06. The number of nitrogens with two attached hydrogens (primary N) is 1. The number of ether oxygens (including phenoxy) is 1. The molecule has 0 unspecified atom stereocenters. The Kier molecular flexibility index (Phi) is 3.52. The molecular weight excluding hydrogens is 336 g/mol. The van der Waals surface area contributed by atoms with Crippen molar-refractivity contribution in [2.75, 3.05) is 5.73 Å². The van der Waals surface area contributed by atoms with Crippen molar-refractivity contribution >= 4 is 27.6 Å². The summed E-state index contributed by atoms with van der Waals surface area (Å²) in [7, 11) is 1.83. The van der Waals surface area contributed by atoms with Crippen LogP contribution in [0.4, 0.5) is 5.69 Å². The summed E-state index contributed by atoms with van der Waals surface area (Å²) in [5, 5.41) is 4.27. The number of anilines is 1. The minimum Gasteiger partial charge on any atom is -0.454 e. The zero-order valence-corrected chi connectivity index (χ0v) is 13.6. The Labute approximate surface area is 131 Å². The van der Waals surface area contributed by atoms with Crippen LogP contribution in [0.1, 0.15) is 40.8 Å². The highest BCUT2D eigenvalue weighted by molar-refractivity contribution is 9.10. The number of hydrogen-bond donors (Lipinski definition) is 1. The lowest BCUT2D eigenvalue weighted by Gasteiger charge is -2.08. The predicted octanol–water partition coefficient (Wildman–Crippen LogP) is 2.57. The van der Waals surface area contributed by atoms with Gasteiger partial charge in [-0.15, -0.1) is 0 Å². The molecule has 0 bridgehead atoms. The molecule has 1 saturated carbocycles. The van der Waals surface area contributed by atoms with Gasteiger partial charge in [-0.2, -0.15) is 5.10 Å². The van der Waals surface area contributed by atoms with Crippen LogP contribution >= 0.6 is 15.9 Å². The van der Waals surface area contributed by atoms with Crippen molar-refractivity contribution in [1.82, 2.24) is 14.3 Å². The van der Waals surface area contributed by atoms with E-state index in [1.54, 1.807) is 16.9 Å². The summed E-state index contributed by atoms with van der Waals surface area (Å²) < 4.78 is 9.91. The molecule has 0 saturated heterocycles. The van der Waals surface area contributed by atoms with Gasteiger partial charge in [0.25, 0.3) is 0 Å². The minimum absolute atomic E-state index is 0.173. The first-order valence-electron chi connectivity index (χ1n) is 6.80. The van der Waals surface area contributed by atoms with Crippen molar-refractivity contribution in [3.63, 3.8) is 0 Å². The van der Waals surface area contributed by atoms with Crippen molar-refractivity contribution in [3.05, 3.63) is 33.8 Å². The monoisotopic (exact) mass is 352 g/mol. The fourth-order valence-corrected chi connectivity index (χ4v) is 2.81. The van der Waals surface area contributed by atoms with Gasteiger partial charge in [-0.25, -0.2) is 4.79 Å². The standard InChI is InChI=1S/C14H17BrN4O2/c1-8-13(15)12(18(2)17-8)7-21-14(20)11-5-9(16)6-19(11)10-3-4-10/h5-6,10H,3-4,7,16H2,1-2H3. The van der Waals surface area contributed by atoms with E-state index < -0.39 is 0 Å². The van der Waals surface area contributed by atoms with Crippen LogP contribution in [0.15, 0.2) is 16.7 Å². The normalized spacial score (nSPS) is 14.4. The molecule has 2 heterocycles. The molecule has 1 fully saturated rings. The van der Waals surface area contributed by atoms with Gasteiger partial charge in [-0.05, 0) is 41.8 Å². The van der Waals surface area contributed by atoms with Gasteiger partial charge in [0.05, 0.1) is 21.5 Å². The summed E-state index contributed by atoms with van der Waals surface area (Å²) in [6.07, 6.45) is 3.97. The van der Waals surface area contributed by atoms with Crippen molar-refractivity contribution in [2.24, 2.45) is 7.05 Å². The molecule has 1 aliphatic carbocycles. The number of carbonyl (C=O) groups excluding carboxylic acids is 1.